The molecule has 101 heavy (non-hydrogen) atoms. The number of aryl methyl sites for hydroxylation is 2. The maximum atomic E-state index is 14.6. The SMILES string of the molecule is CC(C)(C)OC(=O)NCCCC[C@H](NC(=O)OC(C)(C)C)C(=O)ON1C(=O)CCC1=O.Cc1ncc(CNC(=O)[C@H](CCCCNC(=O)OC(C)(C)C)NC(=O)OC(C)(C)C)n1-c1ccc(Cl)cc1C(=O)c1ccccc1F.Cc1ncc2n1-c1ccc(Cl)cc1C(c1ccccc1F)=NC2. The maximum absolute atomic E-state index is 14.6. The number of aliphatic imine (C=N–C) groups is 1. The van der Waals surface area contributed by atoms with Gasteiger partial charge in [-0.25, -0.2) is 42.7 Å². The van der Waals surface area contributed by atoms with Crippen LogP contribution in [0.4, 0.5) is 28.0 Å². The molecule has 2 aliphatic heterocycles. The van der Waals surface area contributed by atoms with Crippen molar-refractivity contribution in [3.8, 4) is 11.4 Å². The van der Waals surface area contributed by atoms with Gasteiger partial charge in [0.2, 0.25) is 5.91 Å². The first-order valence-electron chi connectivity index (χ1n) is 32.8. The first kappa shape index (κ1) is 80.2. The maximum Gasteiger partial charge on any atom is 0.408 e. The van der Waals surface area contributed by atoms with Crippen molar-refractivity contribution in [2.75, 3.05) is 13.1 Å². The first-order chi connectivity index (χ1) is 47.3. The number of hydroxylamine groups is 2. The number of nitrogens with zero attached hydrogens (tertiary/aromatic N) is 6. The summed E-state index contributed by atoms with van der Waals surface area (Å²) in [6.07, 6.45) is 2.96. The van der Waals surface area contributed by atoms with Crippen LogP contribution in [0, 0.1) is 25.5 Å². The van der Waals surface area contributed by atoms with Crippen molar-refractivity contribution in [3.05, 3.63) is 164 Å². The van der Waals surface area contributed by atoms with Crippen molar-refractivity contribution in [1.82, 2.24) is 50.7 Å². The van der Waals surface area contributed by atoms with Crippen LogP contribution in [0.5, 0.6) is 0 Å². The van der Waals surface area contributed by atoms with Crippen LogP contribution in [-0.2, 0) is 56.1 Å². The number of alkyl carbamates (subject to hydrolysis) is 4. The van der Waals surface area contributed by atoms with E-state index in [0.717, 1.165) is 22.8 Å². The third kappa shape index (κ3) is 25.1. The van der Waals surface area contributed by atoms with Crippen LogP contribution in [0.25, 0.3) is 11.4 Å². The lowest BCUT2D eigenvalue weighted by Crippen LogP contribution is -2.48. The Balaban J connectivity index is 0.000000255. The summed E-state index contributed by atoms with van der Waals surface area (Å²) in [5.41, 5.74) is 1.97. The molecule has 7 amide bonds. The molecule has 0 aliphatic carbocycles. The van der Waals surface area contributed by atoms with E-state index < -0.39 is 94.2 Å². The van der Waals surface area contributed by atoms with Gasteiger partial charge in [0.05, 0.1) is 59.5 Å². The molecule has 6 aromatic rings. The Morgan fingerprint density at radius 2 is 1.03 bits per heavy atom. The van der Waals surface area contributed by atoms with Gasteiger partial charge in [-0.15, -0.1) is 5.06 Å². The number of imide groups is 1. The number of imidazole rings is 2. The molecule has 4 heterocycles. The average Bonchev–Trinajstić information content (AvgIpc) is 1.63. The standard InChI is InChI=1S/C34H43ClFN5O6.C20H33N3O8.C18H13ClFN3/c1-21-38-19-23(41(21)28-16-15-22(35)18-25(28)29(42)24-12-8-9-13-26(24)36)20-39-30(43)27(40-32(45)47-34(5,6)7)14-10-11-17-37-31(44)46-33(2,3)4;1-19(2,3)29-17(27)21-12-8-7-9-13(22-18(28)30-20(4,5)6)16(26)31-23-14(24)10-11-15(23)25;1-11-21-9-13-10-22-18(14-4-2-3-5-16(14)20)15-8-12(19)6-7-17(15)23(11)13/h8-9,12-13,15-16,18-19,27H,10-11,14,17,20H2,1-7H3,(H,37,44)(H,39,43)(H,40,45);13H,7-12H2,1-6H3,(H,21,27)(H,22,28);2-9H,10H2,1H3/t27-;13-;/m00./s1. The number of nitrogens with one attached hydrogen (secondary N) is 5. The lowest BCUT2D eigenvalue weighted by Gasteiger charge is -2.23. The number of carbonyl (C=O) groups excluding carboxylic acids is 9. The molecule has 0 saturated carbocycles. The predicted octanol–water partition coefficient (Wildman–Crippen LogP) is 12.9. The Kier molecular flexibility index (Phi) is 28.2. The number of benzene rings is 4. The molecular formula is C72H89Cl2F2N11O14. The normalized spacial score (nSPS) is 13.4. The minimum atomic E-state index is -1.14. The van der Waals surface area contributed by atoms with Gasteiger partial charge < -0.3 is 50.4 Å². The van der Waals surface area contributed by atoms with Gasteiger partial charge in [0, 0.05) is 52.7 Å². The number of hydrogen-bond donors (Lipinski definition) is 5. The number of hydrogen-bond acceptors (Lipinski definition) is 17. The van der Waals surface area contributed by atoms with Crippen LogP contribution in [0.1, 0.15) is 185 Å². The first-order valence-corrected chi connectivity index (χ1v) is 33.6. The second-order valence-electron chi connectivity index (χ2n) is 27.5. The molecule has 0 unspecified atom stereocenters. The molecule has 1 saturated heterocycles. The van der Waals surface area contributed by atoms with Gasteiger partial charge >= 0.3 is 30.3 Å². The van der Waals surface area contributed by atoms with Gasteiger partial charge in [-0.3, -0.25) is 33.3 Å². The van der Waals surface area contributed by atoms with E-state index in [0.29, 0.717) is 88.9 Å². The van der Waals surface area contributed by atoms with Crippen molar-refractivity contribution in [2.45, 2.75) is 196 Å². The van der Waals surface area contributed by atoms with Crippen molar-refractivity contribution in [3.63, 3.8) is 0 Å². The van der Waals surface area contributed by atoms with Crippen molar-refractivity contribution >= 4 is 82.8 Å². The number of ether oxygens (including phenoxy) is 4. The lowest BCUT2D eigenvalue weighted by atomic mass is 10.00. The number of amides is 7. The molecule has 4 aromatic carbocycles. The minimum Gasteiger partial charge on any atom is -0.444 e. The summed E-state index contributed by atoms with van der Waals surface area (Å²) in [6.45, 7) is 25.4. The highest BCUT2D eigenvalue weighted by Gasteiger charge is 2.36. The number of unbranched alkanes of at least 4 members (excludes halogenated alkanes) is 2. The molecule has 25 nitrogen and oxygen atoms in total. The Bertz CT molecular complexity index is 4000. The quantitative estimate of drug-likeness (QED) is 0.0193. The van der Waals surface area contributed by atoms with E-state index in [4.69, 9.17) is 47.0 Å². The molecule has 29 heteroatoms. The third-order valence-electron chi connectivity index (χ3n) is 14.4. The van der Waals surface area contributed by atoms with E-state index >= 15 is 0 Å². The zero-order chi connectivity index (χ0) is 74.7. The van der Waals surface area contributed by atoms with Gasteiger partial charge in [0.1, 0.15) is 57.8 Å². The van der Waals surface area contributed by atoms with Crippen molar-refractivity contribution in [1.29, 1.82) is 0 Å². The van der Waals surface area contributed by atoms with Crippen LogP contribution in [0.15, 0.2) is 102 Å². The third-order valence-corrected chi connectivity index (χ3v) is 14.8. The molecule has 544 valence electrons. The molecule has 8 rings (SSSR count). The number of fused-ring (bicyclic) bond motifs is 3. The summed E-state index contributed by atoms with van der Waals surface area (Å²) in [5.74, 6) is -2.79. The van der Waals surface area contributed by atoms with Crippen LogP contribution in [0.3, 0.4) is 0 Å². The fourth-order valence-electron chi connectivity index (χ4n) is 10.1. The van der Waals surface area contributed by atoms with Crippen LogP contribution < -0.4 is 26.6 Å². The second-order valence-corrected chi connectivity index (χ2v) is 28.4. The highest BCUT2D eigenvalue weighted by Crippen LogP contribution is 2.31. The number of carbonyl (C=O) groups is 9. The topological polar surface area (TPSA) is 311 Å². The van der Waals surface area contributed by atoms with Crippen LogP contribution in [0.2, 0.25) is 10.0 Å². The monoisotopic (exact) mass is 1440 g/mol. The number of halogens is 4. The van der Waals surface area contributed by atoms with E-state index in [1.165, 1.54) is 30.3 Å². The molecule has 2 aliphatic rings. The average molecular weight is 1440 g/mol. The molecule has 0 spiro atoms. The number of aromatic nitrogens is 4. The molecule has 2 atom stereocenters. The molecular weight excluding hydrogens is 1350 g/mol. The van der Waals surface area contributed by atoms with Gasteiger partial charge in [-0.05, 0) is 196 Å². The van der Waals surface area contributed by atoms with Crippen molar-refractivity contribution in [2.24, 2.45) is 4.99 Å². The summed E-state index contributed by atoms with van der Waals surface area (Å²) >= 11 is 12.4. The van der Waals surface area contributed by atoms with Gasteiger partial charge in [-0.2, -0.15) is 0 Å². The van der Waals surface area contributed by atoms with E-state index in [9.17, 15) is 51.9 Å². The smallest absolute Gasteiger partial charge is 0.408 e. The Hall–Kier alpha value is -9.76. The minimum absolute atomic E-state index is 0.0116. The van der Waals surface area contributed by atoms with Crippen LogP contribution >= 0.6 is 23.2 Å². The second kappa shape index (κ2) is 35.5. The fraction of sp³-hybridized carbons (Fsp3) is 0.444. The molecule has 0 radical (unpaired) electrons. The molecule has 2 aromatic heterocycles. The summed E-state index contributed by atoms with van der Waals surface area (Å²) in [7, 11) is 0. The zero-order valence-electron chi connectivity index (χ0n) is 59.3. The van der Waals surface area contributed by atoms with Crippen molar-refractivity contribution < 1.29 is 75.7 Å². The summed E-state index contributed by atoms with van der Waals surface area (Å²) in [6, 6.07) is 20.5. The number of ketones is 1. The highest BCUT2D eigenvalue weighted by atomic mass is 35.5. The van der Waals surface area contributed by atoms with E-state index in [1.54, 1.807) is 131 Å². The lowest BCUT2D eigenvalue weighted by molar-refractivity contribution is -0.199. The van der Waals surface area contributed by atoms with E-state index in [1.807, 2.05) is 42.0 Å². The number of rotatable bonds is 21. The fourth-order valence-corrected chi connectivity index (χ4v) is 10.4. The predicted molar refractivity (Wildman–Crippen MR) is 374 cm³/mol. The highest BCUT2D eigenvalue weighted by molar-refractivity contribution is 6.32. The van der Waals surface area contributed by atoms with Gasteiger partial charge in [0.25, 0.3) is 11.8 Å². The van der Waals surface area contributed by atoms with E-state index in [-0.39, 0.29) is 49.2 Å². The van der Waals surface area contributed by atoms with Gasteiger partial charge in [0.15, 0.2) is 5.78 Å². The van der Waals surface area contributed by atoms with Gasteiger partial charge in [-0.1, -0.05) is 47.5 Å². The van der Waals surface area contributed by atoms with E-state index in [2.05, 4.69) is 41.5 Å². The molecule has 0 bridgehead atoms. The summed E-state index contributed by atoms with van der Waals surface area (Å²) in [4.78, 5) is 129. The Labute approximate surface area is 596 Å². The van der Waals surface area contributed by atoms with Crippen LogP contribution in [-0.4, -0.2) is 131 Å². The Morgan fingerprint density at radius 1 is 0.545 bits per heavy atom. The molecule has 1 fully saturated rings. The largest absolute Gasteiger partial charge is 0.444 e. The molecule has 5 N–H and O–H groups in total. The summed E-state index contributed by atoms with van der Waals surface area (Å²) in [5, 5.41) is 14.5. The zero-order valence-corrected chi connectivity index (χ0v) is 60.8. The summed E-state index contributed by atoms with van der Waals surface area (Å²) < 4.78 is 53.5. The Morgan fingerprint density at radius 3 is 1.58 bits per heavy atom.